The third-order valence-corrected chi connectivity index (χ3v) is 3.01. The molecular weight excluding hydrogens is 217 g/mol. The van der Waals surface area contributed by atoms with Gasteiger partial charge in [-0.2, -0.15) is 5.10 Å². The molecule has 0 saturated carbocycles. The predicted octanol–water partition coefficient (Wildman–Crippen LogP) is 2.30. The topological polar surface area (TPSA) is 43.8 Å². The average Bonchev–Trinajstić information content (AvgIpc) is 2.58. The molecular formula is C13H16FN3. The van der Waals surface area contributed by atoms with Gasteiger partial charge in [-0.15, -0.1) is 0 Å². The van der Waals surface area contributed by atoms with Crippen molar-refractivity contribution >= 4 is 0 Å². The van der Waals surface area contributed by atoms with Gasteiger partial charge in [0.05, 0.1) is 11.4 Å². The van der Waals surface area contributed by atoms with E-state index in [1.54, 1.807) is 17.7 Å². The second-order valence-electron chi connectivity index (χ2n) is 4.21. The summed E-state index contributed by atoms with van der Waals surface area (Å²) in [6.45, 7) is 4.16. The maximum Gasteiger partial charge on any atom is 0.126 e. The van der Waals surface area contributed by atoms with Crippen LogP contribution in [0.1, 0.15) is 16.8 Å². The highest BCUT2D eigenvalue weighted by Crippen LogP contribution is 2.26. The third kappa shape index (κ3) is 1.96. The van der Waals surface area contributed by atoms with E-state index in [0.717, 1.165) is 22.5 Å². The molecule has 0 saturated heterocycles. The van der Waals surface area contributed by atoms with Gasteiger partial charge in [0, 0.05) is 19.2 Å². The zero-order valence-electron chi connectivity index (χ0n) is 10.3. The van der Waals surface area contributed by atoms with Crippen LogP contribution >= 0.6 is 0 Å². The van der Waals surface area contributed by atoms with E-state index in [-0.39, 0.29) is 5.82 Å². The van der Waals surface area contributed by atoms with Crippen LogP contribution in [0.25, 0.3) is 11.3 Å². The zero-order valence-corrected chi connectivity index (χ0v) is 10.3. The highest BCUT2D eigenvalue weighted by Gasteiger charge is 2.13. The molecule has 1 heterocycles. The Labute approximate surface area is 100 Å². The number of aryl methyl sites for hydroxylation is 2. The van der Waals surface area contributed by atoms with E-state index < -0.39 is 0 Å². The lowest BCUT2D eigenvalue weighted by Crippen LogP contribution is -1.99. The maximum absolute atomic E-state index is 13.2. The van der Waals surface area contributed by atoms with Crippen LogP contribution in [0.4, 0.5) is 4.39 Å². The number of hydrogen-bond acceptors (Lipinski definition) is 2. The fourth-order valence-corrected chi connectivity index (χ4v) is 2.07. The second-order valence-corrected chi connectivity index (χ2v) is 4.21. The number of nitrogens with two attached hydrogens (primary N) is 1. The van der Waals surface area contributed by atoms with E-state index in [0.29, 0.717) is 12.1 Å². The van der Waals surface area contributed by atoms with Gasteiger partial charge in [-0.05, 0) is 43.2 Å². The molecule has 0 fully saturated rings. The summed E-state index contributed by atoms with van der Waals surface area (Å²) in [6.07, 6.45) is 0. The van der Waals surface area contributed by atoms with Crippen molar-refractivity contribution in [1.82, 2.24) is 9.78 Å². The van der Waals surface area contributed by atoms with Crippen LogP contribution in [0.5, 0.6) is 0 Å². The number of aromatic nitrogens is 2. The van der Waals surface area contributed by atoms with E-state index in [9.17, 15) is 4.39 Å². The summed E-state index contributed by atoms with van der Waals surface area (Å²) >= 11 is 0. The van der Waals surface area contributed by atoms with Crippen LogP contribution in [0.15, 0.2) is 18.2 Å². The van der Waals surface area contributed by atoms with E-state index in [1.807, 2.05) is 20.0 Å². The minimum Gasteiger partial charge on any atom is -0.325 e. The highest BCUT2D eigenvalue weighted by molar-refractivity contribution is 5.65. The predicted molar refractivity (Wildman–Crippen MR) is 66.0 cm³/mol. The monoisotopic (exact) mass is 233 g/mol. The first kappa shape index (κ1) is 11.8. The summed E-state index contributed by atoms with van der Waals surface area (Å²) in [6, 6.07) is 5.09. The van der Waals surface area contributed by atoms with Gasteiger partial charge < -0.3 is 5.73 Å². The Bertz CT molecular complexity index is 558. The molecule has 0 bridgehead atoms. The molecule has 1 aromatic carbocycles. The Balaban J connectivity index is 2.60. The molecule has 0 unspecified atom stereocenters. The normalized spacial score (nSPS) is 10.9. The van der Waals surface area contributed by atoms with Crippen LogP contribution in [-0.2, 0) is 13.6 Å². The van der Waals surface area contributed by atoms with Crippen molar-refractivity contribution in [2.45, 2.75) is 20.4 Å². The molecule has 0 aliphatic heterocycles. The molecule has 2 rings (SSSR count). The molecule has 1 aromatic heterocycles. The van der Waals surface area contributed by atoms with Gasteiger partial charge in [-0.25, -0.2) is 4.39 Å². The van der Waals surface area contributed by atoms with Crippen molar-refractivity contribution in [2.75, 3.05) is 0 Å². The smallest absolute Gasteiger partial charge is 0.126 e. The molecule has 0 spiro atoms. The second kappa shape index (κ2) is 4.30. The lowest BCUT2D eigenvalue weighted by Gasteiger charge is -2.05. The van der Waals surface area contributed by atoms with Crippen LogP contribution in [0, 0.1) is 19.7 Å². The molecule has 0 radical (unpaired) electrons. The van der Waals surface area contributed by atoms with Crippen molar-refractivity contribution in [3.63, 3.8) is 0 Å². The van der Waals surface area contributed by atoms with Crippen LogP contribution < -0.4 is 5.73 Å². The Morgan fingerprint density at radius 1 is 1.35 bits per heavy atom. The molecule has 2 N–H and O–H groups in total. The van der Waals surface area contributed by atoms with E-state index >= 15 is 0 Å². The molecule has 0 atom stereocenters. The van der Waals surface area contributed by atoms with E-state index in [4.69, 9.17) is 5.73 Å². The molecule has 0 amide bonds. The number of rotatable bonds is 2. The fraction of sp³-hybridized carbons (Fsp3) is 0.308. The van der Waals surface area contributed by atoms with Gasteiger partial charge in [0.2, 0.25) is 0 Å². The Hall–Kier alpha value is -1.68. The van der Waals surface area contributed by atoms with Gasteiger partial charge in [0.15, 0.2) is 0 Å². The number of halogens is 1. The van der Waals surface area contributed by atoms with Gasteiger partial charge >= 0.3 is 0 Å². The summed E-state index contributed by atoms with van der Waals surface area (Å²) in [5.74, 6) is -0.187. The SMILES string of the molecule is Cc1cc(-c2c(C)c(CN)nn2C)ccc1F. The Morgan fingerprint density at radius 2 is 2.06 bits per heavy atom. The van der Waals surface area contributed by atoms with E-state index in [1.165, 1.54) is 6.07 Å². The Morgan fingerprint density at radius 3 is 2.59 bits per heavy atom. The van der Waals surface area contributed by atoms with Crippen molar-refractivity contribution in [3.05, 3.63) is 40.8 Å². The first-order chi connectivity index (χ1) is 8.04. The Kier molecular flexibility index (Phi) is 2.98. The fourth-order valence-electron chi connectivity index (χ4n) is 2.07. The lowest BCUT2D eigenvalue weighted by atomic mass is 10.0. The third-order valence-electron chi connectivity index (χ3n) is 3.01. The number of nitrogens with zero attached hydrogens (tertiary/aromatic N) is 2. The van der Waals surface area contributed by atoms with Crippen molar-refractivity contribution in [3.8, 4) is 11.3 Å². The lowest BCUT2D eigenvalue weighted by molar-refractivity contribution is 0.618. The van der Waals surface area contributed by atoms with Crippen LogP contribution in [0.3, 0.4) is 0 Å². The quantitative estimate of drug-likeness (QED) is 0.865. The summed E-state index contributed by atoms with van der Waals surface area (Å²) < 4.78 is 15.0. The van der Waals surface area contributed by atoms with Crippen molar-refractivity contribution in [2.24, 2.45) is 12.8 Å². The summed E-state index contributed by atoms with van der Waals surface area (Å²) in [5, 5.41) is 4.36. The van der Waals surface area contributed by atoms with Gasteiger partial charge in [0.1, 0.15) is 5.82 Å². The van der Waals surface area contributed by atoms with Crippen LogP contribution in [-0.4, -0.2) is 9.78 Å². The number of hydrogen-bond donors (Lipinski definition) is 1. The van der Waals surface area contributed by atoms with Crippen molar-refractivity contribution in [1.29, 1.82) is 0 Å². The summed E-state index contributed by atoms with van der Waals surface area (Å²) in [4.78, 5) is 0. The molecule has 4 heteroatoms. The first-order valence-corrected chi connectivity index (χ1v) is 5.53. The van der Waals surface area contributed by atoms with Crippen LogP contribution in [0.2, 0.25) is 0 Å². The zero-order chi connectivity index (χ0) is 12.6. The standard InChI is InChI=1S/C13H16FN3/c1-8-6-10(4-5-11(8)14)13-9(2)12(7-15)16-17(13)3/h4-6H,7,15H2,1-3H3. The molecule has 3 nitrogen and oxygen atoms in total. The molecule has 0 aliphatic carbocycles. The molecule has 0 aliphatic rings. The van der Waals surface area contributed by atoms with Gasteiger partial charge in [-0.1, -0.05) is 0 Å². The average molecular weight is 233 g/mol. The minimum atomic E-state index is -0.187. The van der Waals surface area contributed by atoms with Crippen molar-refractivity contribution < 1.29 is 4.39 Å². The van der Waals surface area contributed by atoms with Gasteiger partial charge in [-0.3, -0.25) is 4.68 Å². The first-order valence-electron chi connectivity index (χ1n) is 5.53. The summed E-state index contributed by atoms with van der Waals surface area (Å²) in [7, 11) is 1.88. The van der Waals surface area contributed by atoms with Gasteiger partial charge in [0.25, 0.3) is 0 Å². The molecule has 2 aromatic rings. The summed E-state index contributed by atoms with van der Waals surface area (Å²) in [5.41, 5.74) is 10.2. The maximum atomic E-state index is 13.2. The minimum absolute atomic E-state index is 0.187. The highest BCUT2D eigenvalue weighted by atomic mass is 19.1. The number of benzene rings is 1. The molecule has 17 heavy (non-hydrogen) atoms. The largest absolute Gasteiger partial charge is 0.325 e. The molecule has 90 valence electrons. The van der Waals surface area contributed by atoms with E-state index in [2.05, 4.69) is 5.10 Å².